The van der Waals surface area contributed by atoms with Crippen molar-refractivity contribution in [1.82, 2.24) is 15.0 Å². The van der Waals surface area contributed by atoms with Gasteiger partial charge in [-0.1, -0.05) is 6.92 Å². The number of sulfonamides is 1. The standard InChI is InChI=1S/C12H19N3O5S/c1-4-5-13-9(16)6-14-21(19,20)11-7(2)10(12(17)18)15-8(11)3/h14-15H,4-6H2,1-3H3,(H,13,16)(H,17,18). The lowest BCUT2D eigenvalue weighted by atomic mass is 10.2. The van der Waals surface area contributed by atoms with Gasteiger partial charge < -0.3 is 15.4 Å². The molecular weight excluding hydrogens is 298 g/mol. The number of carboxylic acid groups (broad SMARTS) is 1. The molecule has 0 fully saturated rings. The Morgan fingerprint density at radius 3 is 2.38 bits per heavy atom. The number of H-pyrrole nitrogens is 1. The third-order valence-electron chi connectivity index (χ3n) is 2.85. The molecule has 0 saturated heterocycles. The van der Waals surface area contributed by atoms with Crippen LogP contribution in [0.1, 0.15) is 35.1 Å². The average molecular weight is 317 g/mol. The summed E-state index contributed by atoms with van der Waals surface area (Å²) in [6.07, 6.45) is 0.747. The normalized spacial score (nSPS) is 11.4. The largest absolute Gasteiger partial charge is 0.477 e. The Morgan fingerprint density at radius 1 is 1.29 bits per heavy atom. The van der Waals surface area contributed by atoms with E-state index in [4.69, 9.17) is 5.11 Å². The van der Waals surface area contributed by atoms with E-state index >= 15 is 0 Å². The smallest absolute Gasteiger partial charge is 0.352 e. The Labute approximate surface area is 123 Å². The van der Waals surface area contributed by atoms with Gasteiger partial charge in [-0.2, -0.15) is 0 Å². The molecule has 1 aromatic rings. The second-order valence-corrected chi connectivity index (χ2v) is 6.26. The fourth-order valence-electron chi connectivity index (χ4n) is 1.91. The third kappa shape index (κ3) is 4.05. The Balaban J connectivity index is 2.94. The number of amides is 1. The van der Waals surface area contributed by atoms with Crippen molar-refractivity contribution in [2.24, 2.45) is 0 Å². The van der Waals surface area contributed by atoms with Crippen LogP contribution in [-0.4, -0.2) is 43.5 Å². The predicted octanol–water partition coefficient (Wildman–Crippen LogP) is 0.134. The fourth-order valence-corrected chi connectivity index (χ4v) is 3.33. The van der Waals surface area contributed by atoms with E-state index in [9.17, 15) is 18.0 Å². The molecule has 8 nitrogen and oxygen atoms in total. The van der Waals surface area contributed by atoms with Gasteiger partial charge in [-0.25, -0.2) is 17.9 Å². The number of rotatable bonds is 7. The molecule has 0 aliphatic heterocycles. The monoisotopic (exact) mass is 317 g/mol. The summed E-state index contributed by atoms with van der Waals surface area (Å²) < 4.78 is 26.5. The van der Waals surface area contributed by atoms with Crippen LogP contribution in [0.2, 0.25) is 0 Å². The Morgan fingerprint density at radius 2 is 1.90 bits per heavy atom. The van der Waals surface area contributed by atoms with Gasteiger partial charge in [0.15, 0.2) is 0 Å². The summed E-state index contributed by atoms with van der Waals surface area (Å²) in [7, 11) is -3.96. The van der Waals surface area contributed by atoms with E-state index in [1.165, 1.54) is 13.8 Å². The number of aromatic carboxylic acids is 1. The summed E-state index contributed by atoms with van der Waals surface area (Å²) in [5, 5.41) is 11.5. The van der Waals surface area contributed by atoms with Crippen LogP contribution in [0, 0.1) is 13.8 Å². The number of carbonyl (C=O) groups is 2. The van der Waals surface area contributed by atoms with Crippen molar-refractivity contribution in [2.45, 2.75) is 32.1 Å². The summed E-state index contributed by atoms with van der Waals surface area (Å²) in [6.45, 7) is 4.81. The van der Waals surface area contributed by atoms with E-state index in [0.29, 0.717) is 6.54 Å². The molecule has 0 aliphatic rings. The first-order valence-corrected chi connectivity index (χ1v) is 7.87. The average Bonchev–Trinajstić information content (AvgIpc) is 2.70. The molecular formula is C12H19N3O5S. The lowest BCUT2D eigenvalue weighted by Gasteiger charge is -2.08. The van der Waals surface area contributed by atoms with E-state index in [1.807, 2.05) is 6.92 Å². The predicted molar refractivity (Wildman–Crippen MR) is 75.7 cm³/mol. The Hall–Kier alpha value is -1.87. The zero-order valence-electron chi connectivity index (χ0n) is 12.1. The van der Waals surface area contributed by atoms with Crippen molar-refractivity contribution in [3.05, 3.63) is 17.0 Å². The summed E-state index contributed by atoms with van der Waals surface area (Å²) >= 11 is 0. The molecule has 0 atom stereocenters. The van der Waals surface area contributed by atoms with Crippen molar-refractivity contribution < 1.29 is 23.1 Å². The molecule has 1 amide bonds. The number of aromatic nitrogens is 1. The second kappa shape index (κ2) is 6.72. The molecule has 0 aromatic carbocycles. The molecule has 0 bridgehead atoms. The highest BCUT2D eigenvalue weighted by molar-refractivity contribution is 7.89. The van der Waals surface area contributed by atoms with Gasteiger partial charge in [-0.3, -0.25) is 4.79 Å². The van der Waals surface area contributed by atoms with Gasteiger partial charge in [-0.15, -0.1) is 0 Å². The lowest BCUT2D eigenvalue weighted by Crippen LogP contribution is -2.37. The van der Waals surface area contributed by atoms with Crippen LogP contribution in [0.3, 0.4) is 0 Å². The minimum Gasteiger partial charge on any atom is -0.477 e. The molecule has 118 valence electrons. The molecule has 0 radical (unpaired) electrons. The maximum Gasteiger partial charge on any atom is 0.352 e. The number of hydrogen-bond donors (Lipinski definition) is 4. The molecule has 0 unspecified atom stereocenters. The van der Waals surface area contributed by atoms with E-state index < -0.39 is 28.4 Å². The van der Waals surface area contributed by atoms with Gasteiger partial charge in [0.1, 0.15) is 10.6 Å². The first-order valence-electron chi connectivity index (χ1n) is 6.39. The molecule has 0 aliphatic carbocycles. The minimum atomic E-state index is -3.96. The first-order chi connectivity index (χ1) is 9.70. The summed E-state index contributed by atoms with van der Waals surface area (Å²) in [4.78, 5) is 24.8. The van der Waals surface area contributed by atoms with Crippen LogP contribution >= 0.6 is 0 Å². The van der Waals surface area contributed by atoms with Gasteiger partial charge in [0.05, 0.1) is 6.54 Å². The highest BCUT2D eigenvalue weighted by Crippen LogP contribution is 2.22. The van der Waals surface area contributed by atoms with Gasteiger partial charge >= 0.3 is 5.97 Å². The maximum atomic E-state index is 12.2. The molecule has 1 heterocycles. The van der Waals surface area contributed by atoms with Gasteiger partial charge in [0, 0.05) is 17.8 Å². The van der Waals surface area contributed by atoms with Gasteiger partial charge in [-0.05, 0) is 20.3 Å². The quantitative estimate of drug-likeness (QED) is 0.568. The third-order valence-corrected chi connectivity index (χ3v) is 4.52. The SMILES string of the molecule is CCCNC(=O)CNS(=O)(=O)c1c(C)[nH]c(C(=O)O)c1C. The van der Waals surface area contributed by atoms with Crippen LogP contribution in [0.4, 0.5) is 0 Å². The highest BCUT2D eigenvalue weighted by atomic mass is 32.2. The summed E-state index contributed by atoms with van der Waals surface area (Å²) in [5.74, 6) is -1.68. The number of hydrogen-bond acceptors (Lipinski definition) is 4. The summed E-state index contributed by atoms with van der Waals surface area (Å²) in [6, 6.07) is 0. The first kappa shape index (κ1) is 17.2. The molecule has 1 aromatic heterocycles. The van der Waals surface area contributed by atoms with Crippen LogP contribution in [-0.2, 0) is 14.8 Å². The van der Waals surface area contributed by atoms with Crippen LogP contribution in [0.25, 0.3) is 0 Å². The topological polar surface area (TPSA) is 128 Å². The van der Waals surface area contributed by atoms with E-state index in [2.05, 4.69) is 15.0 Å². The summed E-state index contributed by atoms with van der Waals surface area (Å²) in [5.41, 5.74) is 0.149. The molecule has 21 heavy (non-hydrogen) atoms. The number of carbonyl (C=O) groups excluding carboxylic acids is 1. The molecule has 0 spiro atoms. The van der Waals surface area contributed by atoms with Crippen LogP contribution in [0.15, 0.2) is 4.90 Å². The maximum absolute atomic E-state index is 12.2. The highest BCUT2D eigenvalue weighted by Gasteiger charge is 2.26. The molecule has 9 heteroatoms. The van der Waals surface area contributed by atoms with Crippen molar-refractivity contribution in [2.75, 3.05) is 13.1 Å². The molecule has 4 N–H and O–H groups in total. The van der Waals surface area contributed by atoms with E-state index in [1.54, 1.807) is 0 Å². The number of nitrogens with one attached hydrogen (secondary N) is 3. The van der Waals surface area contributed by atoms with Crippen LogP contribution in [0.5, 0.6) is 0 Å². The van der Waals surface area contributed by atoms with Crippen molar-refractivity contribution in [3.8, 4) is 0 Å². The minimum absolute atomic E-state index is 0.112. The van der Waals surface area contributed by atoms with E-state index in [0.717, 1.165) is 6.42 Å². The van der Waals surface area contributed by atoms with Crippen molar-refractivity contribution in [3.63, 3.8) is 0 Å². The van der Waals surface area contributed by atoms with E-state index in [-0.39, 0.29) is 21.8 Å². The van der Waals surface area contributed by atoms with Crippen LogP contribution < -0.4 is 10.0 Å². The number of aryl methyl sites for hydroxylation is 1. The molecule has 1 rings (SSSR count). The lowest BCUT2D eigenvalue weighted by molar-refractivity contribution is -0.119. The van der Waals surface area contributed by atoms with Gasteiger partial charge in [0.2, 0.25) is 15.9 Å². The fraction of sp³-hybridized carbons (Fsp3) is 0.500. The van der Waals surface area contributed by atoms with Crippen molar-refractivity contribution >= 4 is 21.9 Å². The second-order valence-electron chi connectivity index (χ2n) is 4.56. The van der Waals surface area contributed by atoms with Crippen molar-refractivity contribution in [1.29, 1.82) is 0 Å². The Kier molecular flexibility index (Phi) is 5.50. The van der Waals surface area contributed by atoms with Gasteiger partial charge in [0.25, 0.3) is 0 Å². The molecule has 0 saturated carbocycles. The number of carboxylic acids is 1. The zero-order chi connectivity index (χ0) is 16.2. The zero-order valence-corrected chi connectivity index (χ0v) is 12.9. The number of aromatic amines is 1. The Bertz CT molecular complexity index is 648.